The number of amides is 1. The molecule has 5 nitrogen and oxygen atoms in total. The lowest BCUT2D eigenvalue weighted by Gasteiger charge is -2.21. The van der Waals surface area contributed by atoms with Gasteiger partial charge in [-0.2, -0.15) is 0 Å². The predicted octanol–water partition coefficient (Wildman–Crippen LogP) is 3.19. The highest BCUT2D eigenvalue weighted by atomic mass is 35.5. The van der Waals surface area contributed by atoms with Crippen LogP contribution in [0.1, 0.15) is 44.6 Å². The SMILES string of the molecule is CCNC(=NCc1ccc(Cl)cc1)NC1CCN(C(=O)C2CCCC2)C1. The molecule has 2 aliphatic rings. The van der Waals surface area contributed by atoms with Crippen molar-refractivity contribution in [2.24, 2.45) is 10.9 Å². The number of carbonyl (C=O) groups is 1. The number of likely N-dealkylation sites (tertiary alicyclic amines) is 1. The first-order chi connectivity index (χ1) is 12.7. The Balaban J connectivity index is 1.53. The average molecular weight is 377 g/mol. The summed E-state index contributed by atoms with van der Waals surface area (Å²) in [6, 6.07) is 8.02. The van der Waals surface area contributed by atoms with Crippen LogP contribution >= 0.6 is 11.6 Å². The van der Waals surface area contributed by atoms with Crippen LogP contribution in [0.4, 0.5) is 0 Å². The van der Waals surface area contributed by atoms with E-state index in [4.69, 9.17) is 11.6 Å². The van der Waals surface area contributed by atoms with E-state index in [2.05, 4.69) is 22.5 Å². The van der Waals surface area contributed by atoms with Gasteiger partial charge in [-0.25, -0.2) is 4.99 Å². The molecule has 1 unspecified atom stereocenters. The van der Waals surface area contributed by atoms with E-state index >= 15 is 0 Å². The molecule has 1 aromatic rings. The van der Waals surface area contributed by atoms with Gasteiger partial charge < -0.3 is 15.5 Å². The van der Waals surface area contributed by atoms with E-state index in [1.165, 1.54) is 12.8 Å². The highest BCUT2D eigenvalue weighted by Crippen LogP contribution is 2.27. The zero-order chi connectivity index (χ0) is 18.4. The molecule has 1 amide bonds. The lowest BCUT2D eigenvalue weighted by atomic mass is 10.1. The van der Waals surface area contributed by atoms with Gasteiger partial charge in [0.2, 0.25) is 5.91 Å². The Morgan fingerprint density at radius 1 is 1.23 bits per heavy atom. The highest BCUT2D eigenvalue weighted by Gasteiger charge is 2.32. The molecule has 0 aromatic heterocycles. The second-order valence-corrected chi connectivity index (χ2v) is 7.65. The zero-order valence-corrected chi connectivity index (χ0v) is 16.3. The van der Waals surface area contributed by atoms with Crippen molar-refractivity contribution in [2.45, 2.75) is 51.6 Å². The molecule has 3 rings (SSSR count). The number of nitrogens with one attached hydrogen (secondary N) is 2. The van der Waals surface area contributed by atoms with Crippen LogP contribution in [0.15, 0.2) is 29.3 Å². The monoisotopic (exact) mass is 376 g/mol. The number of hydrogen-bond donors (Lipinski definition) is 2. The van der Waals surface area contributed by atoms with E-state index in [-0.39, 0.29) is 12.0 Å². The summed E-state index contributed by atoms with van der Waals surface area (Å²) < 4.78 is 0. The summed E-state index contributed by atoms with van der Waals surface area (Å²) in [6.07, 6.45) is 5.52. The van der Waals surface area contributed by atoms with Gasteiger partial charge in [0, 0.05) is 36.6 Å². The number of guanidine groups is 1. The first-order valence-electron chi connectivity index (χ1n) is 9.73. The number of carbonyl (C=O) groups excluding carboxylic acids is 1. The molecule has 0 bridgehead atoms. The number of aliphatic imine (C=N–C) groups is 1. The van der Waals surface area contributed by atoms with E-state index in [1.807, 2.05) is 29.2 Å². The zero-order valence-electron chi connectivity index (χ0n) is 15.5. The minimum Gasteiger partial charge on any atom is -0.357 e. The van der Waals surface area contributed by atoms with Crippen molar-refractivity contribution in [3.05, 3.63) is 34.9 Å². The third-order valence-electron chi connectivity index (χ3n) is 5.22. The quantitative estimate of drug-likeness (QED) is 0.613. The van der Waals surface area contributed by atoms with Gasteiger partial charge in [-0.05, 0) is 43.9 Å². The fourth-order valence-electron chi connectivity index (χ4n) is 3.78. The molecular formula is C20H29ClN4O. The minimum absolute atomic E-state index is 0.264. The predicted molar refractivity (Wildman–Crippen MR) is 106 cm³/mol. The molecule has 1 atom stereocenters. The summed E-state index contributed by atoms with van der Waals surface area (Å²) in [7, 11) is 0. The van der Waals surface area contributed by atoms with Crippen molar-refractivity contribution in [1.29, 1.82) is 0 Å². The molecule has 6 heteroatoms. The Labute approximate surface area is 161 Å². The van der Waals surface area contributed by atoms with E-state index in [9.17, 15) is 4.79 Å². The maximum Gasteiger partial charge on any atom is 0.225 e. The molecular weight excluding hydrogens is 348 g/mol. The standard InChI is InChI=1S/C20H29ClN4O/c1-2-22-20(23-13-15-7-9-17(21)10-8-15)24-18-11-12-25(14-18)19(26)16-5-3-4-6-16/h7-10,16,18H,2-6,11-14H2,1H3,(H2,22,23,24). The van der Waals surface area contributed by atoms with Gasteiger partial charge in [0.05, 0.1) is 6.54 Å². The average Bonchev–Trinajstić information content (AvgIpc) is 3.33. The lowest BCUT2D eigenvalue weighted by molar-refractivity contribution is -0.134. The Hall–Kier alpha value is -1.75. The first-order valence-corrected chi connectivity index (χ1v) is 10.1. The molecule has 0 radical (unpaired) electrons. The number of hydrogen-bond acceptors (Lipinski definition) is 2. The molecule has 1 saturated heterocycles. The fourth-order valence-corrected chi connectivity index (χ4v) is 3.91. The molecule has 2 fully saturated rings. The van der Waals surface area contributed by atoms with Gasteiger partial charge in [0.15, 0.2) is 5.96 Å². The van der Waals surface area contributed by atoms with Gasteiger partial charge in [0.25, 0.3) is 0 Å². The topological polar surface area (TPSA) is 56.7 Å². The molecule has 1 heterocycles. The summed E-state index contributed by atoms with van der Waals surface area (Å²) in [6.45, 7) is 5.10. The van der Waals surface area contributed by atoms with Gasteiger partial charge in [-0.15, -0.1) is 0 Å². The van der Waals surface area contributed by atoms with Crippen LogP contribution in [0.25, 0.3) is 0 Å². The molecule has 0 spiro atoms. The Morgan fingerprint density at radius 2 is 1.96 bits per heavy atom. The van der Waals surface area contributed by atoms with Crippen LogP contribution in [0.2, 0.25) is 5.02 Å². The van der Waals surface area contributed by atoms with Crippen LogP contribution in [0.3, 0.4) is 0 Å². The Bertz CT molecular complexity index is 625. The van der Waals surface area contributed by atoms with Crippen LogP contribution in [0, 0.1) is 5.92 Å². The number of halogens is 1. The van der Waals surface area contributed by atoms with Crippen molar-refractivity contribution in [1.82, 2.24) is 15.5 Å². The molecule has 1 aliphatic carbocycles. The highest BCUT2D eigenvalue weighted by molar-refractivity contribution is 6.30. The van der Waals surface area contributed by atoms with Gasteiger partial charge in [-0.1, -0.05) is 36.6 Å². The molecule has 142 valence electrons. The molecule has 1 saturated carbocycles. The number of rotatable bonds is 5. The van der Waals surface area contributed by atoms with Gasteiger partial charge >= 0.3 is 0 Å². The minimum atomic E-state index is 0.264. The van der Waals surface area contributed by atoms with Crippen LogP contribution in [-0.2, 0) is 11.3 Å². The summed E-state index contributed by atoms with van der Waals surface area (Å²) in [5.74, 6) is 1.43. The van der Waals surface area contributed by atoms with Crippen molar-refractivity contribution < 1.29 is 4.79 Å². The van der Waals surface area contributed by atoms with Crippen LogP contribution < -0.4 is 10.6 Å². The molecule has 1 aliphatic heterocycles. The van der Waals surface area contributed by atoms with Crippen molar-refractivity contribution in [3.8, 4) is 0 Å². The Morgan fingerprint density at radius 3 is 2.65 bits per heavy atom. The lowest BCUT2D eigenvalue weighted by Crippen LogP contribution is -2.45. The van der Waals surface area contributed by atoms with Crippen molar-refractivity contribution >= 4 is 23.5 Å². The van der Waals surface area contributed by atoms with E-state index in [0.717, 1.165) is 55.4 Å². The van der Waals surface area contributed by atoms with E-state index < -0.39 is 0 Å². The Kier molecular flexibility index (Phi) is 6.78. The molecule has 1 aromatic carbocycles. The van der Waals surface area contributed by atoms with E-state index in [1.54, 1.807) is 0 Å². The molecule has 2 N–H and O–H groups in total. The third kappa shape index (κ3) is 5.13. The van der Waals surface area contributed by atoms with Crippen LogP contribution in [0.5, 0.6) is 0 Å². The maximum atomic E-state index is 12.6. The number of benzene rings is 1. The second kappa shape index (κ2) is 9.26. The van der Waals surface area contributed by atoms with Gasteiger partial charge in [0.1, 0.15) is 0 Å². The summed E-state index contributed by atoms with van der Waals surface area (Å²) in [5.41, 5.74) is 1.12. The molecule has 26 heavy (non-hydrogen) atoms. The normalized spacial score (nSPS) is 21.2. The largest absolute Gasteiger partial charge is 0.357 e. The first kappa shape index (κ1) is 19.0. The smallest absolute Gasteiger partial charge is 0.225 e. The summed E-state index contributed by atoms with van der Waals surface area (Å²) in [5, 5.41) is 7.53. The van der Waals surface area contributed by atoms with Crippen molar-refractivity contribution in [3.63, 3.8) is 0 Å². The third-order valence-corrected chi connectivity index (χ3v) is 5.47. The fraction of sp³-hybridized carbons (Fsp3) is 0.600. The summed E-state index contributed by atoms with van der Waals surface area (Å²) >= 11 is 5.93. The van der Waals surface area contributed by atoms with E-state index in [0.29, 0.717) is 12.5 Å². The maximum absolute atomic E-state index is 12.6. The summed E-state index contributed by atoms with van der Waals surface area (Å²) in [4.78, 5) is 19.3. The second-order valence-electron chi connectivity index (χ2n) is 7.22. The number of nitrogens with zero attached hydrogens (tertiary/aromatic N) is 2. The van der Waals surface area contributed by atoms with Crippen molar-refractivity contribution in [2.75, 3.05) is 19.6 Å². The van der Waals surface area contributed by atoms with Crippen LogP contribution in [-0.4, -0.2) is 42.4 Å². The van der Waals surface area contributed by atoms with Gasteiger partial charge in [-0.3, -0.25) is 4.79 Å².